The van der Waals surface area contributed by atoms with Crippen LogP contribution in [0.3, 0.4) is 0 Å². The maximum absolute atomic E-state index is 13.2. The third kappa shape index (κ3) is 3.10. The molecule has 1 aromatic heterocycles. The molecule has 3 aromatic rings. The molecule has 0 unspecified atom stereocenters. The summed E-state index contributed by atoms with van der Waals surface area (Å²) in [4.78, 5) is 14.8. The summed E-state index contributed by atoms with van der Waals surface area (Å²) in [5.74, 6) is 0.941. The van der Waals surface area contributed by atoms with Gasteiger partial charge in [0.25, 0.3) is 5.91 Å². The van der Waals surface area contributed by atoms with Crippen LogP contribution in [0.25, 0.3) is 0 Å². The van der Waals surface area contributed by atoms with Gasteiger partial charge in [-0.25, -0.2) is 0 Å². The van der Waals surface area contributed by atoms with Crippen LogP contribution < -0.4 is 10.1 Å². The fraction of sp³-hybridized carbons (Fsp3) is 0.190. The molecule has 2 N–H and O–H groups in total. The van der Waals surface area contributed by atoms with E-state index in [2.05, 4.69) is 5.32 Å². The van der Waals surface area contributed by atoms with Crippen molar-refractivity contribution in [3.63, 3.8) is 0 Å². The number of hydrogen-bond donors (Lipinski definition) is 2. The fourth-order valence-corrected chi connectivity index (χ4v) is 3.30. The Kier molecular flexibility index (Phi) is 4.46. The van der Waals surface area contributed by atoms with Crippen molar-refractivity contribution in [3.05, 3.63) is 77.7 Å². The van der Waals surface area contributed by atoms with Gasteiger partial charge >= 0.3 is 0 Å². The number of hydrogen-bond acceptors (Lipinski definition) is 5. The summed E-state index contributed by atoms with van der Waals surface area (Å²) in [5.41, 5.74) is 1.88. The standard InChI is InChI=1S/C21H20N2O4/c1-2-26-18-11-5-9-16(19(18)24)20-22-17-10-4-3-8-15(17)21(25)23(20)13-14-7-6-12-27-14/h3-12,20,22,24H,2,13H2,1H3/t20-/m0/s1. The second kappa shape index (κ2) is 7.07. The van der Waals surface area contributed by atoms with Crippen LogP contribution in [0.15, 0.2) is 65.3 Å². The van der Waals surface area contributed by atoms with Crippen LogP contribution in [0.4, 0.5) is 5.69 Å². The normalized spacial score (nSPS) is 16.0. The molecule has 0 saturated heterocycles. The molecule has 1 aliphatic rings. The van der Waals surface area contributed by atoms with Crippen LogP contribution in [-0.2, 0) is 6.54 Å². The second-order valence-electron chi connectivity index (χ2n) is 6.23. The van der Waals surface area contributed by atoms with Crippen LogP contribution in [-0.4, -0.2) is 22.5 Å². The Bertz CT molecular complexity index is 953. The molecule has 1 atom stereocenters. The number of aromatic hydroxyl groups is 1. The van der Waals surface area contributed by atoms with Gasteiger partial charge in [0.05, 0.1) is 25.0 Å². The van der Waals surface area contributed by atoms with E-state index in [4.69, 9.17) is 9.15 Å². The smallest absolute Gasteiger partial charge is 0.258 e. The summed E-state index contributed by atoms with van der Waals surface area (Å²) in [6.07, 6.45) is 1.02. The van der Waals surface area contributed by atoms with E-state index in [9.17, 15) is 9.90 Å². The van der Waals surface area contributed by atoms with Crippen LogP contribution in [0.2, 0.25) is 0 Å². The number of nitrogens with one attached hydrogen (secondary N) is 1. The molecule has 0 spiro atoms. The predicted octanol–water partition coefficient (Wildman–Crippen LogP) is 4.15. The zero-order valence-electron chi connectivity index (χ0n) is 14.9. The van der Waals surface area contributed by atoms with Gasteiger partial charge in [-0.15, -0.1) is 0 Å². The number of phenolic OH excluding ortho intramolecular Hbond substituents is 1. The number of para-hydroxylation sites is 2. The van der Waals surface area contributed by atoms with Crippen molar-refractivity contribution in [2.45, 2.75) is 19.6 Å². The van der Waals surface area contributed by atoms with E-state index in [0.717, 1.165) is 5.69 Å². The molecule has 0 radical (unpaired) electrons. The molecule has 2 aromatic carbocycles. The van der Waals surface area contributed by atoms with Crippen molar-refractivity contribution in [2.24, 2.45) is 0 Å². The minimum Gasteiger partial charge on any atom is -0.504 e. The molecule has 6 nitrogen and oxygen atoms in total. The summed E-state index contributed by atoms with van der Waals surface area (Å²) >= 11 is 0. The van der Waals surface area contributed by atoms with E-state index in [1.54, 1.807) is 41.5 Å². The average Bonchev–Trinajstić information content (AvgIpc) is 3.19. The van der Waals surface area contributed by atoms with Crippen molar-refractivity contribution < 1.29 is 19.1 Å². The van der Waals surface area contributed by atoms with Gasteiger partial charge in [0.1, 0.15) is 11.9 Å². The van der Waals surface area contributed by atoms with Gasteiger partial charge in [-0.05, 0) is 37.3 Å². The number of amides is 1. The predicted molar refractivity (Wildman–Crippen MR) is 101 cm³/mol. The van der Waals surface area contributed by atoms with Crippen LogP contribution >= 0.6 is 0 Å². The topological polar surface area (TPSA) is 74.9 Å². The lowest BCUT2D eigenvalue weighted by Gasteiger charge is -2.38. The van der Waals surface area contributed by atoms with Gasteiger partial charge in [-0.2, -0.15) is 0 Å². The van der Waals surface area contributed by atoms with Gasteiger partial charge in [-0.1, -0.05) is 24.3 Å². The second-order valence-corrected chi connectivity index (χ2v) is 6.23. The highest BCUT2D eigenvalue weighted by Crippen LogP contribution is 2.40. The third-order valence-corrected chi connectivity index (χ3v) is 4.55. The van der Waals surface area contributed by atoms with Crippen molar-refractivity contribution >= 4 is 11.6 Å². The zero-order chi connectivity index (χ0) is 18.8. The van der Waals surface area contributed by atoms with Gasteiger partial charge in [0.2, 0.25) is 0 Å². The Morgan fingerprint density at radius 3 is 2.78 bits per heavy atom. The van der Waals surface area contributed by atoms with E-state index in [1.165, 1.54) is 0 Å². The minimum absolute atomic E-state index is 0.0217. The Morgan fingerprint density at radius 1 is 1.15 bits per heavy atom. The number of benzene rings is 2. The first-order chi connectivity index (χ1) is 13.2. The first-order valence-corrected chi connectivity index (χ1v) is 8.82. The summed E-state index contributed by atoms with van der Waals surface area (Å²) in [6.45, 7) is 2.57. The number of nitrogens with zero attached hydrogens (tertiary/aromatic N) is 1. The molecule has 6 heteroatoms. The van der Waals surface area contributed by atoms with Crippen molar-refractivity contribution in [2.75, 3.05) is 11.9 Å². The summed E-state index contributed by atoms with van der Waals surface area (Å²) in [7, 11) is 0. The number of carbonyl (C=O) groups excluding carboxylic acids is 1. The number of anilines is 1. The zero-order valence-corrected chi connectivity index (χ0v) is 14.9. The Labute approximate surface area is 157 Å². The molecular formula is C21H20N2O4. The third-order valence-electron chi connectivity index (χ3n) is 4.55. The lowest BCUT2D eigenvalue weighted by molar-refractivity contribution is 0.0649. The highest BCUT2D eigenvalue weighted by Gasteiger charge is 2.35. The lowest BCUT2D eigenvalue weighted by atomic mass is 10.0. The summed E-state index contributed by atoms with van der Waals surface area (Å²) < 4.78 is 10.9. The van der Waals surface area contributed by atoms with E-state index < -0.39 is 6.17 Å². The van der Waals surface area contributed by atoms with Crippen molar-refractivity contribution in [3.8, 4) is 11.5 Å². The molecular weight excluding hydrogens is 344 g/mol. The highest BCUT2D eigenvalue weighted by molar-refractivity contribution is 6.01. The molecule has 4 rings (SSSR count). The minimum atomic E-state index is -0.557. The summed E-state index contributed by atoms with van der Waals surface area (Å²) in [5, 5.41) is 14.1. The molecule has 0 fully saturated rings. The van der Waals surface area contributed by atoms with Crippen molar-refractivity contribution in [1.29, 1.82) is 0 Å². The average molecular weight is 364 g/mol. The Morgan fingerprint density at radius 2 is 2.00 bits per heavy atom. The number of phenols is 1. The first-order valence-electron chi connectivity index (χ1n) is 8.82. The number of rotatable bonds is 5. The number of fused-ring (bicyclic) bond motifs is 1. The number of furan rings is 1. The molecule has 0 aliphatic carbocycles. The molecule has 138 valence electrons. The first kappa shape index (κ1) is 17.0. The molecule has 0 bridgehead atoms. The Balaban J connectivity index is 1.79. The van der Waals surface area contributed by atoms with Gasteiger partial charge < -0.3 is 24.5 Å². The van der Waals surface area contributed by atoms with Crippen LogP contribution in [0, 0.1) is 0 Å². The fourth-order valence-electron chi connectivity index (χ4n) is 3.30. The quantitative estimate of drug-likeness (QED) is 0.711. The number of ether oxygens (including phenoxy) is 1. The Hall–Kier alpha value is -3.41. The van der Waals surface area contributed by atoms with Crippen LogP contribution in [0.5, 0.6) is 11.5 Å². The van der Waals surface area contributed by atoms with E-state index >= 15 is 0 Å². The van der Waals surface area contributed by atoms with Crippen molar-refractivity contribution in [1.82, 2.24) is 4.90 Å². The highest BCUT2D eigenvalue weighted by atomic mass is 16.5. The summed E-state index contributed by atoms with van der Waals surface area (Å²) in [6, 6.07) is 16.2. The molecule has 1 amide bonds. The molecule has 0 saturated carbocycles. The van der Waals surface area contributed by atoms with Crippen LogP contribution in [0.1, 0.15) is 34.8 Å². The molecule has 2 heterocycles. The molecule has 1 aliphatic heterocycles. The SMILES string of the molecule is CCOc1cccc([C@H]2Nc3ccccc3C(=O)N2Cc2ccco2)c1O. The number of carbonyl (C=O) groups is 1. The molecule has 27 heavy (non-hydrogen) atoms. The van der Waals surface area contributed by atoms with E-state index in [1.807, 2.05) is 31.2 Å². The van der Waals surface area contributed by atoms with Gasteiger partial charge in [0, 0.05) is 11.3 Å². The van der Waals surface area contributed by atoms with E-state index in [-0.39, 0.29) is 18.2 Å². The maximum Gasteiger partial charge on any atom is 0.258 e. The van der Waals surface area contributed by atoms with Gasteiger partial charge in [0.15, 0.2) is 11.5 Å². The monoisotopic (exact) mass is 364 g/mol. The van der Waals surface area contributed by atoms with Gasteiger partial charge in [-0.3, -0.25) is 4.79 Å². The largest absolute Gasteiger partial charge is 0.504 e. The lowest BCUT2D eigenvalue weighted by Crippen LogP contribution is -2.42. The maximum atomic E-state index is 13.2. The van der Waals surface area contributed by atoms with E-state index in [0.29, 0.717) is 29.2 Å².